The first-order chi connectivity index (χ1) is 9.46. The third-order valence-corrected chi connectivity index (χ3v) is 4.15. The molecule has 5 heteroatoms. The fourth-order valence-electron chi connectivity index (χ4n) is 2.62. The molecule has 2 rings (SSSR count). The van der Waals surface area contributed by atoms with Crippen LogP contribution < -0.4 is 10.5 Å². The van der Waals surface area contributed by atoms with Gasteiger partial charge in [0.05, 0.1) is 7.11 Å². The lowest BCUT2D eigenvalue weighted by Crippen LogP contribution is -2.52. The summed E-state index contributed by atoms with van der Waals surface area (Å²) in [6.45, 7) is 4.15. The van der Waals surface area contributed by atoms with Gasteiger partial charge in [0, 0.05) is 19.6 Å². The highest BCUT2D eigenvalue weighted by molar-refractivity contribution is 5.83. The maximum Gasteiger partial charge on any atom is 0.249 e. The normalized spacial score (nSPS) is 18.8. The summed E-state index contributed by atoms with van der Waals surface area (Å²) in [7, 11) is 1.67. The van der Waals surface area contributed by atoms with Gasteiger partial charge in [-0.05, 0) is 37.0 Å². The Morgan fingerprint density at radius 3 is 2.65 bits per heavy atom. The Bertz CT molecular complexity index is 494. The number of hydrogen-bond donors (Lipinski definition) is 2. The highest BCUT2D eigenvalue weighted by atomic mass is 16.5. The minimum absolute atomic E-state index is 0.394. The van der Waals surface area contributed by atoms with Crippen LogP contribution in [0.1, 0.15) is 24.0 Å². The molecule has 1 aliphatic rings. The molecule has 3 N–H and O–H groups in total. The lowest BCUT2D eigenvalue weighted by atomic mass is 9.90. The SMILES string of the molecule is COc1cccc(CN2CCC(O)(C(N)=O)CC2)c1C. The molecule has 1 aromatic rings. The van der Waals surface area contributed by atoms with E-state index in [9.17, 15) is 9.90 Å². The Labute approximate surface area is 119 Å². The topological polar surface area (TPSA) is 75.8 Å². The number of amides is 1. The number of benzene rings is 1. The monoisotopic (exact) mass is 278 g/mol. The quantitative estimate of drug-likeness (QED) is 0.855. The predicted octanol–water partition coefficient (Wildman–Crippen LogP) is 0.816. The minimum atomic E-state index is -1.33. The number of primary amides is 1. The van der Waals surface area contributed by atoms with Crippen molar-refractivity contribution in [1.29, 1.82) is 0 Å². The molecule has 110 valence electrons. The van der Waals surface area contributed by atoms with Crippen molar-refractivity contribution in [3.05, 3.63) is 29.3 Å². The number of nitrogens with zero attached hydrogens (tertiary/aromatic N) is 1. The summed E-state index contributed by atoms with van der Waals surface area (Å²) in [4.78, 5) is 13.4. The fraction of sp³-hybridized carbons (Fsp3) is 0.533. The molecule has 0 aromatic heterocycles. The molecule has 1 aromatic carbocycles. The average Bonchev–Trinajstić information content (AvgIpc) is 2.43. The second-order valence-corrected chi connectivity index (χ2v) is 5.42. The summed E-state index contributed by atoms with van der Waals surface area (Å²) in [5, 5.41) is 10.0. The molecule has 0 atom stereocenters. The van der Waals surface area contributed by atoms with Gasteiger partial charge in [-0.15, -0.1) is 0 Å². The Balaban J connectivity index is 2.01. The maximum absolute atomic E-state index is 11.2. The van der Waals surface area contributed by atoms with Gasteiger partial charge in [-0.1, -0.05) is 12.1 Å². The fourth-order valence-corrected chi connectivity index (χ4v) is 2.62. The second-order valence-electron chi connectivity index (χ2n) is 5.42. The van der Waals surface area contributed by atoms with Gasteiger partial charge in [0.15, 0.2) is 0 Å². The van der Waals surface area contributed by atoms with Crippen LogP contribution >= 0.6 is 0 Å². The third kappa shape index (κ3) is 2.94. The van der Waals surface area contributed by atoms with E-state index in [4.69, 9.17) is 10.5 Å². The number of ether oxygens (including phenoxy) is 1. The van der Waals surface area contributed by atoms with Crippen molar-refractivity contribution in [3.63, 3.8) is 0 Å². The van der Waals surface area contributed by atoms with E-state index >= 15 is 0 Å². The summed E-state index contributed by atoms with van der Waals surface area (Å²) < 4.78 is 5.32. The van der Waals surface area contributed by atoms with Gasteiger partial charge in [0.2, 0.25) is 5.91 Å². The van der Waals surface area contributed by atoms with Crippen molar-refractivity contribution in [2.45, 2.75) is 31.9 Å². The van der Waals surface area contributed by atoms with Crippen LogP contribution in [0.25, 0.3) is 0 Å². The van der Waals surface area contributed by atoms with Gasteiger partial charge >= 0.3 is 0 Å². The Kier molecular flexibility index (Phi) is 4.30. The molecule has 1 heterocycles. The summed E-state index contributed by atoms with van der Waals surface area (Å²) in [5.41, 5.74) is 6.24. The van der Waals surface area contributed by atoms with E-state index in [1.54, 1.807) is 7.11 Å². The third-order valence-electron chi connectivity index (χ3n) is 4.15. The molecule has 1 aliphatic heterocycles. The van der Waals surface area contributed by atoms with Crippen molar-refractivity contribution in [3.8, 4) is 5.75 Å². The van der Waals surface area contributed by atoms with Crippen LogP contribution in [-0.4, -0.2) is 41.7 Å². The van der Waals surface area contributed by atoms with Crippen molar-refractivity contribution < 1.29 is 14.6 Å². The van der Waals surface area contributed by atoms with Crippen LogP contribution in [0.2, 0.25) is 0 Å². The van der Waals surface area contributed by atoms with E-state index in [1.165, 1.54) is 5.56 Å². The highest BCUT2D eigenvalue weighted by Gasteiger charge is 2.37. The molecule has 1 saturated heterocycles. The molecule has 20 heavy (non-hydrogen) atoms. The number of hydrogen-bond acceptors (Lipinski definition) is 4. The smallest absolute Gasteiger partial charge is 0.249 e. The lowest BCUT2D eigenvalue weighted by molar-refractivity contribution is -0.141. The number of nitrogens with two attached hydrogens (primary N) is 1. The van der Waals surface area contributed by atoms with Gasteiger partial charge < -0.3 is 15.6 Å². The molecule has 0 spiro atoms. The minimum Gasteiger partial charge on any atom is -0.496 e. The average molecular weight is 278 g/mol. The van der Waals surface area contributed by atoms with Crippen molar-refractivity contribution >= 4 is 5.91 Å². The number of rotatable bonds is 4. The van der Waals surface area contributed by atoms with Crippen LogP contribution in [0.4, 0.5) is 0 Å². The van der Waals surface area contributed by atoms with E-state index in [0.29, 0.717) is 25.9 Å². The molecule has 1 fully saturated rings. The number of piperidine rings is 1. The molecule has 0 bridgehead atoms. The number of carbonyl (C=O) groups is 1. The van der Waals surface area contributed by atoms with Crippen molar-refractivity contribution in [2.24, 2.45) is 5.73 Å². The molecule has 1 amide bonds. The Hall–Kier alpha value is -1.59. The highest BCUT2D eigenvalue weighted by Crippen LogP contribution is 2.26. The first kappa shape index (κ1) is 14.8. The standard InChI is InChI=1S/C15H22N2O3/c1-11-12(4-3-5-13(11)20-2)10-17-8-6-15(19,7-9-17)14(16)18/h3-5,19H,6-10H2,1-2H3,(H2,16,18). The molecule has 0 unspecified atom stereocenters. The van der Waals surface area contributed by atoms with E-state index in [-0.39, 0.29) is 0 Å². The van der Waals surface area contributed by atoms with Gasteiger partial charge in [-0.25, -0.2) is 0 Å². The Morgan fingerprint density at radius 1 is 1.45 bits per heavy atom. The zero-order chi connectivity index (χ0) is 14.8. The molecule has 0 saturated carbocycles. The van der Waals surface area contributed by atoms with Gasteiger partial charge in [-0.2, -0.15) is 0 Å². The van der Waals surface area contributed by atoms with Gasteiger partial charge in [0.1, 0.15) is 11.4 Å². The van der Waals surface area contributed by atoms with Gasteiger partial charge in [-0.3, -0.25) is 9.69 Å². The zero-order valence-corrected chi connectivity index (χ0v) is 12.1. The van der Waals surface area contributed by atoms with Crippen molar-refractivity contribution in [2.75, 3.05) is 20.2 Å². The number of methoxy groups -OCH3 is 1. The Morgan fingerprint density at radius 2 is 2.10 bits per heavy atom. The lowest BCUT2D eigenvalue weighted by Gasteiger charge is -2.36. The number of likely N-dealkylation sites (tertiary alicyclic amines) is 1. The van der Waals surface area contributed by atoms with Crippen LogP contribution in [0.15, 0.2) is 18.2 Å². The van der Waals surface area contributed by atoms with E-state index in [2.05, 4.69) is 11.0 Å². The molecule has 0 aliphatic carbocycles. The molecular weight excluding hydrogens is 256 g/mol. The second kappa shape index (κ2) is 5.81. The van der Waals surface area contributed by atoms with Crippen LogP contribution in [0, 0.1) is 6.92 Å². The van der Waals surface area contributed by atoms with Crippen LogP contribution in [0.5, 0.6) is 5.75 Å². The molecule has 0 radical (unpaired) electrons. The first-order valence-electron chi connectivity index (χ1n) is 6.83. The summed E-state index contributed by atoms with van der Waals surface area (Å²) >= 11 is 0. The maximum atomic E-state index is 11.2. The zero-order valence-electron chi connectivity index (χ0n) is 12.1. The summed E-state index contributed by atoms with van der Waals surface area (Å²) in [5.74, 6) is 0.267. The van der Waals surface area contributed by atoms with E-state index < -0.39 is 11.5 Å². The number of carbonyl (C=O) groups excluding carboxylic acids is 1. The van der Waals surface area contributed by atoms with E-state index in [0.717, 1.165) is 17.9 Å². The summed E-state index contributed by atoms with van der Waals surface area (Å²) in [6.07, 6.45) is 0.788. The van der Waals surface area contributed by atoms with Crippen LogP contribution in [-0.2, 0) is 11.3 Å². The van der Waals surface area contributed by atoms with Crippen LogP contribution in [0.3, 0.4) is 0 Å². The first-order valence-corrected chi connectivity index (χ1v) is 6.83. The predicted molar refractivity (Wildman–Crippen MR) is 76.4 cm³/mol. The summed E-state index contributed by atoms with van der Waals surface area (Å²) in [6, 6.07) is 6.00. The van der Waals surface area contributed by atoms with E-state index in [1.807, 2.05) is 19.1 Å². The number of aliphatic hydroxyl groups is 1. The van der Waals surface area contributed by atoms with Crippen molar-refractivity contribution in [1.82, 2.24) is 4.90 Å². The van der Waals surface area contributed by atoms with Gasteiger partial charge in [0.25, 0.3) is 0 Å². The largest absolute Gasteiger partial charge is 0.496 e. The molecule has 5 nitrogen and oxygen atoms in total. The molecular formula is C15H22N2O3.